The summed E-state index contributed by atoms with van der Waals surface area (Å²) in [6.07, 6.45) is 5.70. The van der Waals surface area contributed by atoms with Gasteiger partial charge in [0.05, 0.1) is 5.41 Å². The second-order valence-electron chi connectivity index (χ2n) is 10.5. The van der Waals surface area contributed by atoms with E-state index in [-0.39, 0.29) is 22.5 Å². The van der Waals surface area contributed by atoms with Gasteiger partial charge in [-0.3, -0.25) is 4.79 Å². The Labute approximate surface area is 217 Å². The standard InChI is InChI=1S/C33H30N2O2/c1-33(2)26-16-8-10-18-28(26)35(19-11-14-22-12-5-4-6-13-22)29(33)20-24-31(36)30(32(24)37)25-21-34(3)27-17-9-7-15-23(25)27/h4-10,12-13,15-18,20-21H,11,14,19H2,1-3H3. The average Bonchev–Trinajstić information content (AvgIpc) is 3.34. The van der Waals surface area contributed by atoms with Crippen molar-refractivity contribution in [3.63, 3.8) is 0 Å². The van der Waals surface area contributed by atoms with Crippen molar-refractivity contribution in [1.29, 1.82) is 0 Å². The average molecular weight is 487 g/mol. The van der Waals surface area contributed by atoms with Crippen molar-refractivity contribution >= 4 is 33.7 Å². The smallest absolute Gasteiger partial charge is 0.209 e. The number of carbonyl (C=O) groups is 1. The predicted octanol–water partition coefficient (Wildman–Crippen LogP) is 5.47. The van der Waals surface area contributed by atoms with Crippen molar-refractivity contribution < 1.29 is 14.5 Å². The Morgan fingerprint density at radius 1 is 0.946 bits per heavy atom. The van der Waals surface area contributed by atoms with Crippen LogP contribution in [0.1, 0.15) is 37.0 Å². The summed E-state index contributed by atoms with van der Waals surface area (Å²) < 4.78 is 4.28. The van der Waals surface area contributed by atoms with E-state index >= 15 is 0 Å². The summed E-state index contributed by atoms with van der Waals surface area (Å²) >= 11 is 0. The summed E-state index contributed by atoms with van der Waals surface area (Å²) in [5.74, 6) is -0.324. The number of nitrogens with zero attached hydrogens (tertiary/aromatic N) is 2. The van der Waals surface area contributed by atoms with Crippen LogP contribution in [0.2, 0.25) is 0 Å². The molecular weight excluding hydrogens is 456 g/mol. The highest BCUT2D eigenvalue weighted by Gasteiger charge is 2.45. The number of carbonyl (C=O) groups excluding carboxylic acids is 1. The molecular formula is C33H30N2O2. The van der Waals surface area contributed by atoms with Crippen LogP contribution < -0.4 is 5.11 Å². The minimum Gasteiger partial charge on any atom is -0.871 e. The van der Waals surface area contributed by atoms with Gasteiger partial charge in [-0.05, 0) is 31.9 Å². The van der Waals surface area contributed by atoms with Gasteiger partial charge in [0.2, 0.25) is 5.69 Å². The third-order valence-electron chi connectivity index (χ3n) is 7.88. The molecule has 184 valence electrons. The van der Waals surface area contributed by atoms with Crippen molar-refractivity contribution in [3.05, 3.63) is 119 Å². The number of aromatic nitrogens is 1. The molecule has 4 aromatic rings. The van der Waals surface area contributed by atoms with Gasteiger partial charge in [-0.2, -0.15) is 4.58 Å². The molecule has 2 heterocycles. The first-order chi connectivity index (χ1) is 17.9. The maximum atomic E-state index is 13.4. The van der Waals surface area contributed by atoms with Crippen LogP contribution in [0.4, 0.5) is 5.69 Å². The first-order valence-electron chi connectivity index (χ1n) is 12.9. The Bertz CT molecular complexity index is 1650. The largest absolute Gasteiger partial charge is 0.871 e. The zero-order chi connectivity index (χ0) is 25.7. The highest BCUT2D eigenvalue weighted by molar-refractivity contribution is 6.41. The number of benzene rings is 3. The van der Waals surface area contributed by atoms with Gasteiger partial charge in [0.15, 0.2) is 11.5 Å². The van der Waals surface area contributed by atoms with Gasteiger partial charge in [-0.15, -0.1) is 0 Å². The summed E-state index contributed by atoms with van der Waals surface area (Å²) in [5.41, 5.74) is 6.71. The van der Waals surface area contributed by atoms with Gasteiger partial charge in [0.25, 0.3) is 0 Å². The molecule has 0 unspecified atom stereocenters. The summed E-state index contributed by atoms with van der Waals surface area (Å²) in [6, 6.07) is 26.8. The van der Waals surface area contributed by atoms with Crippen LogP contribution in [0.3, 0.4) is 0 Å². The monoisotopic (exact) mass is 486 g/mol. The van der Waals surface area contributed by atoms with Crippen molar-refractivity contribution in [2.24, 2.45) is 7.05 Å². The molecule has 1 aliphatic carbocycles. The summed E-state index contributed by atoms with van der Waals surface area (Å²) in [4.78, 5) is 13.4. The second kappa shape index (κ2) is 8.74. The fraction of sp³-hybridized carbons (Fsp3) is 0.212. The van der Waals surface area contributed by atoms with E-state index in [1.165, 1.54) is 11.1 Å². The quantitative estimate of drug-likeness (QED) is 0.268. The Kier molecular flexibility index (Phi) is 5.49. The zero-order valence-electron chi connectivity index (χ0n) is 21.5. The normalized spacial score (nSPS) is 17.6. The number of fused-ring (bicyclic) bond motifs is 2. The number of ketones is 1. The first-order valence-corrected chi connectivity index (χ1v) is 12.9. The van der Waals surface area contributed by atoms with Gasteiger partial charge in [-0.25, -0.2) is 0 Å². The summed E-state index contributed by atoms with van der Waals surface area (Å²) in [5, 5.41) is 14.4. The highest BCUT2D eigenvalue weighted by atomic mass is 16.3. The van der Waals surface area contributed by atoms with E-state index in [1.54, 1.807) is 0 Å². The second-order valence-corrected chi connectivity index (χ2v) is 10.5. The molecule has 1 aromatic heterocycles. The molecule has 0 N–H and O–H groups in total. The number of para-hydroxylation sites is 2. The maximum absolute atomic E-state index is 13.4. The van der Waals surface area contributed by atoms with E-state index in [9.17, 15) is 9.90 Å². The van der Waals surface area contributed by atoms with Crippen molar-refractivity contribution in [3.8, 4) is 0 Å². The predicted molar refractivity (Wildman–Crippen MR) is 147 cm³/mol. The number of allylic oxidation sites excluding steroid dienone is 3. The number of hydrogen-bond acceptors (Lipinski definition) is 2. The molecule has 0 saturated heterocycles. The SMILES string of the molecule is Cn1cc(C2=C([O-])/C(=C\C3=[N+](CCCc4ccccc4)c4ccccc4C3(C)C)C2=O)c2ccccc21. The van der Waals surface area contributed by atoms with Gasteiger partial charge in [0.1, 0.15) is 6.54 Å². The number of Topliss-reactive ketones (excluding diaryl/α,β-unsaturated/α-hetero) is 1. The lowest BCUT2D eigenvalue weighted by Gasteiger charge is -2.30. The van der Waals surface area contributed by atoms with E-state index < -0.39 is 0 Å². The van der Waals surface area contributed by atoms with Crippen LogP contribution in [0.5, 0.6) is 0 Å². The molecule has 0 saturated carbocycles. The summed E-state index contributed by atoms with van der Waals surface area (Å²) in [7, 11) is 1.94. The Balaban J connectivity index is 1.40. The van der Waals surface area contributed by atoms with Crippen molar-refractivity contribution in [2.75, 3.05) is 6.54 Å². The van der Waals surface area contributed by atoms with E-state index in [0.717, 1.165) is 47.3 Å². The molecule has 0 spiro atoms. The van der Waals surface area contributed by atoms with Crippen LogP contribution in [0.15, 0.2) is 102 Å². The minimum absolute atomic E-state index is 0.162. The fourth-order valence-corrected chi connectivity index (χ4v) is 5.89. The molecule has 6 rings (SSSR count). The van der Waals surface area contributed by atoms with Crippen LogP contribution in [-0.2, 0) is 23.7 Å². The van der Waals surface area contributed by atoms with E-state index in [2.05, 4.69) is 67.0 Å². The molecule has 1 aliphatic heterocycles. The molecule has 0 fully saturated rings. The van der Waals surface area contributed by atoms with Gasteiger partial charge in [0, 0.05) is 65.0 Å². The number of hydrogen-bond donors (Lipinski definition) is 0. The lowest BCUT2D eigenvalue weighted by Crippen LogP contribution is -2.33. The van der Waals surface area contributed by atoms with Gasteiger partial charge >= 0.3 is 0 Å². The van der Waals surface area contributed by atoms with E-state index in [1.807, 2.05) is 54.2 Å². The maximum Gasteiger partial charge on any atom is 0.209 e. The number of aryl methyl sites for hydroxylation is 2. The zero-order valence-corrected chi connectivity index (χ0v) is 21.5. The van der Waals surface area contributed by atoms with Gasteiger partial charge < -0.3 is 9.67 Å². The number of rotatable bonds is 6. The first kappa shape index (κ1) is 23.2. The molecule has 4 heteroatoms. The van der Waals surface area contributed by atoms with Crippen LogP contribution in [0, 0.1) is 0 Å². The van der Waals surface area contributed by atoms with E-state index in [0.29, 0.717) is 5.57 Å². The van der Waals surface area contributed by atoms with Crippen molar-refractivity contribution in [2.45, 2.75) is 32.1 Å². The van der Waals surface area contributed by atoms with Crippen LogP contribution in [-0.4, -0.2) is 27.2 Å². The van der Waals surface area contributed by atoms with Gasteiger partial charge in [-0.1, -0.05) is 72.5 Å². The third kappa shape index (κ3) is 3.67. The Morgan fingerprint density at radius 3 is 2.43 bits per heavy atom. The molecule has 3 aromatic carbocycles. The molecule has 0 bridgehead atoms. The Morgan fingerprint density at radius 2 is 1.65 bits per heavy atom. The molecule has 37 heavy (non-hydrogen) atoms. The van der Waals surface area contributed by atoms with E-state index in [4.69, 9.17) is 0 Å². The molecule has 0 atom stereocenters. The fourth-order valence-electron chi connectivity index (χ4n) is 5.89. The minimum atomic E-state index is -0.313. The molecule has 0 amide bonds. The Hall–Kier alpha value is -4.18. The van der Waals surface area contributed by atoms with Crippen molar-refractivity contribution in [1.82, 2.24) is 4.57 Å². The lowest BCUT2D eigenvalue weighted by atomic mass is 9.77. The summed E-state index contributed by atoms with van der Waals surface area (Å²) in [6.45, 7) is 5.17. The molecule has 0 radical (unpaired) electrons. The third-order valence-corrected chi connectivity index (χ3v) is 7.88. The lowest BCUT2D eigenvalue weighted by molar-refractivity contribution is -0.438. The molecule has 4 nitrogen and oxygen atoms in total. The highest BCUT2D eigenvalue weighted by Crippen LogP contribution is 2.43. The van der Waals surface area contributed by atoms with Crippen LogP contribution in [0.25, 0.3) is 16.5 Å². The molecule has 2 aliphatic rings. The van der Waals surface area contributed by atoms with Crippen LogP contribution >= 0.6 is 0 Å². The topological polar surface area (TPSA) is 48.1 Å².